The second-order valence-electron chi connectivity index (χ2n) is 5.98. The Morgan fingerprint density at radius 3 is 2.72 bits per heavy atom. The zero-order valence-electron chi connectivity index (χ0n) is 12.1. The summed E-state index contributed by atoms with van der Waals surface area (Å²) in [5.41, 5.74) is 1.31. The van der Waals surface area contributed by atoms with E-state index in [2.05, 4.69) is 44.2 Å². The third-order valence-electron chi connectivity index (χ3n) is 3.11. The van der Waals surface area contributed by atoms with E-state index in [1.165, 1.54) is 0 Å². The van der Waals surface area contributed by atoms with Gasteiger partial charge in [-0.2, -0.15) is 5.10 Å². The van der Waals surface area contributed by atoms with Gasteiger partial charge in [0, 0.05) is 31.9 Å². The Kier molecular flexibility index (Phi) is 5.82. The highest BCUT2D eigenvalue weighted by Crippen LogP contribution is 2.20. The first-order valence-electron chi connectivity index (χ1n) is 6.80. The average Bonchev–Trinajstić information content (AvgIpc) is 2.75. The van der Waals surface area contributed by atoms with E-state index in [4.69, 9.17) is 5.11 Å². The molecular weight excluding hydrogens is 226 g/mol. The standard InChI is InChI=1S/C14H27N3O/c1-12(2)17-8-6-13(16-17)10-15-11-14(3,4)7-5-9-18/h6,8,12,15,18H,5,7,9-11H2,1-4H3. The molecule has 0 saturated heterocycles. The lowest BCUT2D eigenvalue weighted by molar-refractivity contribution is 0.236. The molecule has 2 N–H and O–H groups in total. The van der Waals surface area contributed by atoms with Crippen LogP contribution in [0.1, 0.15) is 52.3 Å². The summed E-state index contributed by atoms with van der Waals surface area (Å²) in [5.74, 6) is 0. The number of aliphatic hydroxyl groups excluding tert-OH is 1. The quantitative estimate of drug-likeness (QED) is 0.747. The van der Waals surface area contributed by atoms with Crippen molar-refractivity contribution < 1.29 is 5.11 Å². The van der Waals surface area contributed by atoms with Gasteiger partial charge in [-0.3, -0.25) is 4.68 Å². The smallest absolute Gasteiger partial charge is 0.0762 e. The molecule has 18 heavy (non-hydrogen) atoms. The highest BCUT2D eigenvalue weighted by atomic mass is 16.2. The van der Waals surface area contributed by atoms with Crippen LogP contribution in [0.5, 0.6) is 0 Å². The molecule has 0 aromatic carbocycles. The second kappa shape index (κ2) is 6.90. The summed E-state index contributed by atoms with van der Waals surface area (Å²) in [4.78, 5) is 0. The Hall–Kier alpha value is -0.870. The summed E-state index contributed by atoms with van der Waals surface area (Å²) in [6.07, 6.45) is 3.94. The van der Waals surface area contributed by atoms with Crippen LogP contribution >= 0.6 is 0 Å². The molecule has 1 aromatic rings. The molecule has 0 amide bonds. The maximum atomic E-state index is 8.85. The van der Waals surface area contributed by atoms with Crippen LogP contribution in [0, 0.1) is 5.41 Å². The number of rotatable bonds is 8. The van der Waals surface area contributed by atoms with Crippen LogP contribution in [0.2, 0.25) is 0 Å². The van der Waals surface area contributed by atoms with Crippen LogP contribution in [0.15, 0.2) is 12.3 Å². The van der Waals surface area contributed by atoms with Crippen molar-refractivity contribution in [3.63, 3.8) is 0 Å². The van der Waals surface area contributed by atoms with Gasteiger partial charge in [0.05, 0.1) is 5.69 Å². The first-order chi connectivity index (χ1) is 8.44. The molecule has 4 nitrogen and oxygen atoms in total. The van der Waals surface area contributed by atoms with Crippen molar-refractivity contribution in [2.45, 2.75) is 53.1 Å². The highest BCUT2D eigenvalue weighted by Gasteiger charge is 2.16. The molecule has 104 valence electrons. The maximum absolute atomic E-state index is 8.85. The summed E-state index contributed by atoms with van der Waals surface area (Å²) < 4.78 is 1.98. The van der Waals surface area contributed by atoms with Gasteiger partial charge in [-0.25, -0.2) is 0 Å². The third kappa shape index (κ3) is 5.19. The largest absolute Gasteiger partial charge is 0.396 e. The molecule has 1 rings (SSSR count). The Balaban J connectivity index is 2.32. The third-order valence-corrected chi connectivity index (χ3v) is 3.11. The number of hydrogen-bond donors (Lipinski definition) is 2. The first-order valence-corrected chi connectivity index (χ1v) is 6.80. The Morgan fingerprint density at radius 2 is 2.17 bits per heavy atom. The van der Waals surface area contributed by atoms with Crippen molar-refractivity contribution in [3.8, 4) is 0 Å². The molecule has 0 bridgehead atoms. The van der Waals surface area contributed by atoms with Gasteiger partial charge in [0.25, 0.3) is 0 Å². The van der Waals surface area contributed by atoms with E-state index in [0.29, 0.717) is 6.04 Å². The lowest BCUT2D eigenvalue weighted by Crippen LogP contribution is -2.29. The molecule has 0 aliphatic carbocycles. The Labute approximate surface area is 110 Å². The van der Waals surface area contributed by atoms with E-state index in [1.807, 2.05) is 10.9 Å². The summed E-state index contributed by atoms with van der Waals surface area (Å²) in [6.45, 7) is 10.7. The highest BCUT2D eigenvalue weighted by molar-refractivity contribution is 4.99. The van der Waals surface area contributed by atoms with Gasteiger partial charge >= 0.3 is 0 Å². The van der Waals surface area contributed by atoms with E-state index in [0.717, 1.165) is 31.6 Å². The van der Waals surface area contributed by atoms with Crippen molar-refractivity contribution in [1.82, 2.24) is 15.1 Å². The minimum Gasteiger partial charge on any atom is -0.396 e. The molecule has 0 unspecified atom stereocenters. The monoisotopic (exact) mass is 253 g/mol. The SMILES string of the molecule is CC(C)n1ccc(CNCC(C)(C)CCCO)n1. The Morgan fingerprint density at radius 1 is 1.44 bits per heavy atom. The van der Waals surface area contributed by atoms with Crippen molar-refractivity contribution in [2.75, 3.05) is 13.2 Å². The van der Waals surface area contributed by atoms with Gasteiger partial charge in [0.2, 0.25) is 0 Å². The lowest BCUT2D eigenvalue weighted by Gasteiger charge is -2.24. The van der Waals surface area contributed by atoms with Gasteiger partial charge in [-0.15, -0.1) is 0 Å². The van der Waals surface area contributed by atoms with Crippen LogP contribution < -0.4 is 5.32 Å². The fourth-order valence-corrected chi connectivity index (χ4v) is 1.93. The average molecular weight is 253 g/mol. The van der Waals surface area contributed by atoms with Crippen LogP contribution in [0.25, 0.3) is 0 Å². The molecule has 0 fully saturated rings. The zero-order valence-corrected chi connectivity index (χ0v) is 12.1. The van der Waals surface area contributed by atoms with Gasteiger partial charge in [0.1, 0.15) is 0 Å². The molecule has 0 radical (unpaired) electrons. The molecule has 0 saturated carbocycles. The molecule has 0 spiro atoms. The van der Waals surface area contributed by atoms with Crippen LogP contribution in [0.4, 0.5) is 0 Å². The lowest BCUT2D eigenvalue weighted by atomic mass is 9.88. The van der Waals surface area contributed by atoms with Crippen molar-refractivity contribution >= 4 is 0 Å². The van der Waals surface area contributed by atoms with E-state index < -0.39 is 0 Å². The minimum absolute atomic E-state index is 0.226. The topological polar surface area (TPSA) is 50.1 Å². The molecular formula is C14H27N3O. The summed E-state index contributed by atoms with van der Waals surface area (Å²) in [7, 11) is 0. The van der Waals surface area contributed by atoms with Gasteiger partial charge in [0.15, 0.2) is 0 Å². The van der Waals surface area contributed by atoms with Gasteiger partial charge in [-0.05, 0) is 38.2 Å². The van der Waals surface area contributed by atoms with Crippen LogP contribution in [0.3, 0.4) is 0 Å². The van der Waals surface area contributed by atoms with Crippen LogP contribution in [-0.4, -0.2) is 28.0 Å². The van der Waals surface area contributed by atoms with E-state index in [-0.39, 0.29) is 12.0 Å². The maximum Gasteiger partial charge on any atom is 0.0762 e. The molecule has 0 atom stereocenters. The fraction of sp³-hybridized carbons (Fsp3) is 0.786. The number of aliphatic hydroxyl groups is 1. The summed E-state index contributed by atoms with van der Waals surface area (Å²) >= 11 is 0. The minimum atomic E-state index is 0.226. The van der Waals surface area contributed by atoms with Crippen molar-refractivity contribution in [3.05, 3.63) is 18.0 Å². The molecule has 1 aromatic heterocycles. The number of aromatic nitrogens is 2. The summed E-state index contributed by atoms with van der Waals surface area (Å²) in [5, 5.41) is 16.8. The Bertz CT molecular complexity index is 345. The van der Waals surface area contributed by atoms with Crippen molar-refractivity contribution in [2.24, 2.45) is 5.41 Å². The number of nitrogens with zero attached hydrogens (tertiary/aromatic N) is 2. The molecule has 0 aliphatic rings. The second-order valence-corrected chi connectivity index (χ2v) is 5.98. The van der Waals surface area contributed by atoms with E-state index >= 15 is 0 Å². The molecule has 4 heteroatoms. The number of nitrogens with one attached hydrogen (secondary N) is 1. The van der Waals surface area contributed by atoms with Crippen LogP contribution in [-0.2, 0) is 6.54 Å². The van der Waals surface area contributed by atoms with Crippen molar-refractivity contribution in [1.29, 1.82) is 0 Å². The molecule has 0 aliphatic heterocycles. The van der Waals surface area contributed by atoms with Gasteiger partial charge < -0.3 is 10.4 Å². The normalized spacial score (nSPS) is 12.3. The number of hydrogen-bond acceptors (Lipinski definition) is 3. The van der Waals surface area contributed by atoms with E-state index in [9.17, 15) is 0 Å². The fourth-order valence-electron chi connectivity index (χ4n) is 1.93. The van der Waals surface area contributed by atoms with E-state index in [1.54, 1.807) is 0 Å². The first kappa shape index (κ1) is 15.2. The predicted molar refractivity (Wildman–Crippen MR) is 74.4 cm³/mol. The van der Waals surface area contributed by atoms with Gasteiger partial charge in [-0.1, -0.05) is 13.8 Å². The molecule has 1 heterocycles. The predicted octanol–water partition coefficient (Wildman–Crippen LogP) is 2.35. The summed E-state index contributed by atoms with van der Waals surface area (Å²) in [6, 6.07) is 2.48. The zero-order chi connectivity index (χ0) is 13.6.